The van der Waals surface area contributed by atoms with Crippen LogP contribution in [0.4, 0.5) is 0 Å². The largest absolute Gasteiger partial charge is 0.309 e. The van der Waals surface area contributed by atoms with Gasteiger partial charge < -0.3 is 4.57 Å². The summed E-state index contributed by atoms with van der Waals surface area (Å²) in [5, 5.41) is 10.5. The molecule has 0 amide bonds. The molecular weight excluding hydrogens is 709 g/mol. The van der Waals surface area contributed by atoms with Crippen LogP contribution >= 0.6 is 0 Å². The molecule has 1 aliphatic heterocycles. The van der Waals surface area contributed by atoms with E-state index < -0.39 is 8.07 Å². The molecule has 266 valence electrons. The highest BCUT2D eigenvalue weighted by molar-refractivity contribution is 7.21. The van der Waals surface area contributed by atoms with E-state index in [0.717, 1.165) is 33.5 Å². The molecule has 12 rings (SSSR count). The summed E-state index contributed by atoms with van der Waals surface area (Å²) in [6.07, 6.45) is 0. The van der Waals surface area contributed by atoms with Gasteiger partial charge in [0.05, 0.1) is 33.5 Å². The molecule has 4 heterocycles. The first-order chi connectivity index (χ1) is 28.3. The Morgan fingerprint density at radius 3 is 1.49 bits per heavy atom. The molecule has 0 radical (unpaired) electrons. The van der Waals surface area contributed by atoms with Crippen LogP contribution in [0.1, 0.15) is 0 Å². The summed E-state index contributed by atoms with van der Waals surface area (Å²) in [5.74, 6) is 0.656. The summed E-state index contributed by atoms with van der Waals surface area (Å²) in [6, 6.07) is 75.2. The van der Waals surface area contributed by atoms with Crippen molar-refractivity contribution >= 4 is 72.4 Å². The lowest BCUT2D eigenvalue weighted by Gasteiger charge is -2.39. The fraction of sp³-hybridized carbons (Fsp3) is 0. The lowest BCUT2D eigenvalue weighted by Crippen LogP contribution is -2.76. The summed E-state index contributed by atoms with van der Waals surface area (Å²) in [6.45, 7) is 0. The molecule has 11 aromatic rings. The van der Waals surface area contributed by atoms with E-state index in [4.69, 9.17) is 9.97 Å². The lowest BCUT2D eigenvalue weighted by molar-refractivity contribution is 0.995. The fourth-order valence-electron chi connectivity index (χ4n) is 9.65. The first-order valence-corrected chi connectivity index (χ1v) is 21.5. The predicted molar refractivity (Wildman–Crippen MR) is 239 cm³/mol. The van der Waals surface area contributed by atoms with Gasteiger partial charge in [0.2, 0.25) is 5.95 Å². The van der Waals surface area contributed by atoms with Crippen LogP contribution in [0.3, 0.4) is 0 Å². The van der Waals surface area contributed by atoms with E-state index >= 15 is 0 Å². The number of hydrogen-bond donors (Lipinski definition) is 0. The third-order valence-corrected chi connectivity index (χ3v) is 16.9. The summed E-state index contributed by atoms with van der Waals surface area (Å²) < 4.78 is 4.73. The Labute approximate surface area is 330 Å². The minimum absolute atomic E-state index is 0.656. The van der Waals surface area contributed by atoms with E-state index in [2.05, 4.69) is 209 Å². The van der Waals surface area contributed by atoms with Gasteiger partial charge in [0, 0.05) is 38.4 Å². The molecule has 4 nitrogen and oxygen atoms in total. The molecule has 0 saturated heterocycles. The molecule has 0 aliphatic carbocycles. The maximum atomic E-state index is 5.37. The molecule has 0 bridgehead atoms. The first kappa shape index (κ1) is 32.0. The average Bonchev–Trinajstić information content (AvgIpc) is 3.81. The number of hydrogen-bond acceptors (Lipinski definition) is 2. The van der Waals surface area contributed by atoms with Crippen molar-refractivity contribution in [1.29, 1.82) is 0 Å². The molecule has 0 saturated carbocycles. The summed E-state index contributed by atoms with van der Waals surface area (Å²) in [7, 11) is -2.83. The molecule has 57 heavy (non-hydrogen) atoms. The van der Waals surface area contributed by atoms with Gasteiger partial charge >= 0.3 is 0 Å². The van der Waals surface area contributed by atoms with Crippen molar-refractivity contribution in [3.63, 3.8) is 0 Å². The van der Waals surface area contributed by atoms with E-state index in [-0.39, 0.29) is 0 Å². The van der Waals surface area contributed by atoms with Crippen molar-refractivity contribution in [3.05, 3.63) is 206 Å². The topological polar surface area (TPSA) is 35.6 Å². The quantitative estimate of drug-likeness (QED) is 0.165. The summed E-state index contributed by atoms with van der Waals surface area (Å²) in [5.41, 5.74) is 9.87. The van der Waals surface area contributed by atoms with Crippen LogP contribution in [0.2, 0.25) is 0 Å². The van der Waals surface area contributed by atoms with Gasteiger partial charge in [-0.15, -0.1) is 0 Å². The van der Waals surface area contributed by atoms with Crippen LogP contribution < -0.4 is 20.7 Å². The van der Waals surface area contributed by atoms with Crippen molar-refractivity contribution in [2.75, 3.05) is 0 Å². The zero-order chi connectivity index (χ0) is 37.5. The highest BCUT2D eigenvalue weighted by Gasteiger charge is 2.47. The Morgan fingerprint density at radius 2 is 0.825 bits per heavy atom. The second-order valence-corrected chi connectivity index (χ2v) is 18.7. The molecule has 0 fully saturated rings. The minimum Gasteiger partial charge on any atom is -0.309 e. The van der Waals surface area contributed by atoms with Crippen molar-refractivity contribution < 1.29 is 0 Å². The van der Waals surface area contributed by atoms with E-state index in [1.165, 1.54) is 59.0 Å². The second-order valence-electron chi connectivity index (χ2n) is 14.9. The summed E-state index contributed by atoms with van der Waals surface area (Å²) >= 11 is 0. The Hall–Kier alpha value is -7.34. The van der Waals surface area contributed by atoms with Crippen LogP contribution in [-0.2, 0) is 0 Å². The second kappa shape index (κ2) is 12.3. The fourth-order valence-corrected chi connectivity index (χ4v) is 14.7. The minimum atomic E-state index is -2.83. The normalized spacial score (nSPS) is 14.7. The maximum absolute atomic E-state index is 5.37. The van der Waals surface area contributed by atoms with E-state index in [1.807, 2.05) is 6.07 Å². The first-order valence-electron chi connectivity index (χ1n) is 19.5. The number of benzene rings is 8. The Kier molecular flexibility index (Phi) is 6.91. The monoisotopic (exact) mass is 742 g/mol. The molecule has 3 aromatic heterocycles. The zero-order valence-electron chi connectivity index (χ0n) is 30.9. The molecule has 0 spiro atoms. The van der Waals surface area contributed by atoms with Crippen LogP contribution in [0, 0.1) is 0 Å². The van der Waals surface area contributed by atoms with Crippen molar-refractivity contribution in [3.8, 4) is 34.2 Å². The number of rotatable bonds is 5. The van der Waals surface area contributed by atoms with Gasteiger partial charge in [-0.1, -0.05) is 176 Å². The highest BCUT2D eigenvalue weighted by Crippen LogP contribution is 2.36. The van der Waals surface area contributed by atoms with Crippen LogP contribution in [-0.4, -0.2) is 27.2 Å². The Balaban J connectivity index is 1.10. The van der Waals surface area contributed by atoms with Gasteiger partial charge in [-0.2, -0.15) is 0 Å². The van der Waals surface area contributed by atoms with E-state index in [0.29, 0.717) is 5.95 Å². The molecule has 1 atom stereocenters. The third kappa shape index (κ3) is 4.55. The molecular formula is C52H34N4Si. The molecule has 1 aliphatic rings. The molecule has 1 unspecified atom stereocenters. The number of nitrogens with zero attached hydrogens (tertiary/aromatic N) is 4. The Morgan fingerprint density at radius 1 is 0.351 bits per heavy atom. The summed E-state index contributed by atoms with van der Waals surface area (Å²) in [4.78, 5) is 10.6. The van der Waals surface area contributed by atoms with Gasteiger partial charge in [0.25, 0.3) is 0 Å². The van der Waals surface area contributed by atoms with Gasteiger partial charge in [-0.25, -0.2) is 9.97 Å². The van der Waals surface area contributed by atoms with Gasteiger partial charge in [-0.3, -0.25) is 4.57 Å². The average molecular weight is 743 g/mol. The maximum Gasteiger partial charge on any atom is 0.235 e. The van der Waals surface area contributed by atoms with Gasteiger partial charge in [0.1, 0.15) is 0 Å². The van der Waals surface area contributed by atoms with E-state index in [1.54, 1.807) is 0 Å². The predicted octanol–water partition coefficient (Wildman–Crippen LogP) is 9.70. The molecule has 5 heteroatoms. The number of aromatic nitrogens is 4. The number of para-hydroxylation sites is 5. The Bertz CT molecular complexity index is 3290. The highest BCUT2D eigenvalue weighted by atomic mass is 28.3. The van der Waals surface area contributed by atoms with Crippen LogP contribution in [0.15, 0.2) is 206 Å². The smallest absolute Gasteiger partial charge is 0.235 e. The van der Waals surface area contributed by atoms with Crippen LogP contribution in [0.25, 0.3) is 77.8 Å². The standard InChI is InChI=1S/C52H34N4Si/c1-3-16-35(17-4-1)43-34-44(54-52(53-43)56-46-25-11-7-20-39(46)40-21-8-12-26-47(40)56)36-30-32-38(33-31-36)57(37-18-5-2-6-19-37)49-28-14-13-27-48(49)55-45-24-10-9-22-41(45)42-23-15-29-50(57)51(42)55/h1-34H. The third-order valence-electron chi connectivity index (χ3n) is 12.0. The zero-order valence-corrected chi connectivity index (χ0v) is 31.9. The van der Waals surface area contributed by atoms with Crippen LogP contribution in [0.5, 0.6) is 0 Å². The molecule has 8 aromatic carbocycles. The van der Waals surface area contributed by atoms with Crippen molar-refractivity contribution in [1.82, 2.24) is 19.1 Å². The van der Waals surface area contributed by atoms with Crippen molar-refractivity contribution in [2.45, 2.75) is 0 Å². The van der Waals surface area contributed by atoms with Gasteiger partial charge in [-0.05, 0) is 51.1 Å². The van der Waals surface area contributed by atoms with Crippen molar-refractivity contribution in [2.24, 2.45) is 0 Å². The SMILES string of the molecule is c1ccc(-c2cc(-c3ccc([Si]4(c5ccccc5)c5ccccc5-n5c6ccccc6c6cccc4c65)cc3)nc(-n3c4ccccc4c4ccccc43)n2)cc1. The van der Waals surface area contributed by atoms with Gasteiger partial charge in [0.15, 0.2) is 8.07 Å². The van der Waals surface area contributed by atoms with E-state index in [9.17, 15) is 0 Å². The lowest BCUT2D eigenvalue weighted by atomic mass is 10.1. The molecule has 0 N–H and O–H groups in total. The number of fused-ring (bicyclic) bond motifs is 8.